The topological polar surface area (TPSA) is 136 Å². The molecule has 0 atom stereocenters. The Morgan fingerprint density at radius 1 is 0.875 bits per heavy atom. The van der Waals surface area contributed by atoms with E-state index in [2.05, 4.69) is 4.99 Å². The summed E-state index contributed by atoms with van der Waals surface area (Å²) in [5.41, 5.74) is 0.787. The molecule has 0 unspecified atom stereocenters. The van der Waals surface area contributed by atoms with Crippen molar-refractivity contribution < 1.29 is 18.3 Å². The highest BCUT2D eigenvalue weighted by atomic mass is 32.2. The molecule has 0 radical (unpaired) electrons. The number of aliphatic imine (C=N–C) groups is 1. The minimum absolute atomic E-state index is 0.0000685. The van der Waals surface area contributed by atoms with Gasteiger partial charge < -0.3 is 0 Å². The van der Waals surface area contributed by atoms with Crippen LogP contribution in [0.5, 0.6) is 0 Å². The Hall–Kier alpha value is -4.12. The number of non-ortho nitro benzene ring substituents is 2. The van der Waals surface area contributed by atoms with Gasteiger partial charge in [0.05, 0.1) is 26.1 Å². The van der Waals surface area contributed by atoms with Crippen LogP contribution in [0.4, 0.5) is 22.7 Å². The average Bonchev–Trinajstić information content (AvgIpc) is 2.74. The Bertz CT molecular complexity index is 1300. The molecule has 0 N–H and O–H groups in total. The van der Waals surface area contributed by atoms with Gasteiger partial charge in [-0.15, -0.1) is 0 Å². The van der Waals surface area contributed by atoms with Crippen LogP contribution < -0.4 is 4.31 Å². The van der Waals surface area contributed by atoms with E-state index >= 15 is 0 Å². The summed E-state index contributed by atoms with van der Waals surface area (Å²) in [6, 6.07) is 16.6. The van der Waals surface area contributed by atoms with E-state index in [1.165, 1.54) is 67.6 Å². The zero-order valence-corrected chi connectivity index (χ0v) is 17.9. The van der Waals surface area contributed by atoms with Crippen molar-refractivity contribution in [1.29, 1.82) is 0 Å². The Balaban J connectivity index is 2.15. The van der Waals surface area contributed by atoms with Gasteiger partial charge in [-0.2, -0.15) is 0 Å². The molecule has 3 rings (SSSR count). The van der Waals surface area contributed by atoms with E-state index in [0.717, 1.165) is 9.87 Å². The van der Waals surface area contributed by atoms with Crippen molar-refractivity contribution in [3.05, 3.63) is 98.6 Å². The molecule has 0 spiro atoms. The van der Waals surface area contributed by atoms with Gasteiger partial charge in [0.15, 0.2) is 0 Å². The van der Waals surface area contributed by atoms with E-state index in [0.29, 0.717) is 0 Å². The fraction of sp³-hybridized carbons (Fsp3) is 0.0952. The second-order valence-corrected chi connectivity index (χ2v) is 8.58. The van der Waals surface area contributed by atoms with Gasteiger partial charge in [0, 0.05) is 24.3 Å². The van der Waals surface area contributed by atoms with Gasteiger partial charge in [0.2, 0.25) is 0 Å². The smallest absolute Gasteiger partial charge is 0.258 e. The molecular formula is C21H18N4O6S. The molecular weight excluding hydrogens is 436 g/mol. The second-order valence-electron chi connectivity index (χ2n) is 6.79. The zero-order valence-electron chi connectivity index (χ0n) is 17.1. The van der Waals surface area contributed by atoms with Gasteiger partial charge in [0.1, 0.15) is 5.84 Å². The molecule has 11 heteroatoms. The molecule has 10 nitrogen and oxygen atoms in total. The second kappa shape index (κ2) is 8.94. The predicted octanol–water partition coefficient (Wildman–Crippen LogP) is 4.76. The minimum Gasteiger partial charge on any atom is -0.258 e. The van der Waals surface area contributed by atoms with Gasteiger partial charge >= 0.3 is 0 Å². The fourth-order valence-electron chi connectivity index (χ4n) is 2.93. The van der Waals surface area contributed by atoms with Gasteiger partial charge in [-0.1, -0.05) is 23.8 Å². The van der Waals surface area contributed by atoms with Gasteiger partial charge in [-0.05, 0) is 44.2 Å². The van der Waals surface area contributed by atoms with Crippen molar-refractivity contribution >= 4 is 38.6 Å². The summed E-state index contributed by atoms with van der Waals surface area (Å²) in [5, 5.41) is 22.0. The summed E-state index contributed by atoms with van der Waals surface area (Å²) >= 11 is 0. The molecule has 0 amide bonds. The molecule has 3 aromatic carbocycles. The lowest BCUT2D eigenvalue weighted by Crippen LogP contribution is -2.35. The maximum atomic E-state index is 13.5. The maximum absolute atomic E-state index is 13.5. The van der Waals surface area contributed by atoms with E-state index in [1.807, 2.05) is 6.92 Å². The molecule has 0 aromatic heterocycles. The molecule has 3 aromatic rings. The summed E-state index contributed by atoms with van der Waals surface area (Å²) in [6.07, 6.45) is 0. The summed E-state index contributed by atoms with van der Waals surface area (Å²) in [5.74, 6) is -0.0000685. The maximum Gasteiger partial charge on any atom is 0.271 e. The molecule has 0 bridgehead atoms. The van der Waals surface area contributed by atoms with E-state index < -0.39 is 19.9 Å². The normalized spacial score (nSPS) is 11.8. The van der Waals surface area contributed by atoms with Crippen LogP contribution in [0.1, 0.15) is 12.5 Å². The number of nitro groups is 2. The van der Waals surface area contributed by atoms with Crippen molar-refractivity contribution in [2.75, 3.05) is 4.31 Å². The quantitative estimate of drug-likeness (QED) is 0.228. The van der Waals surface area contributed by atoms with E-state index in [-0.39, 0.29) is 33.5 Å². The molecule has 0 saturated heterocycles. The number of aryl methyl sites for hydroxylation is 1. The SMILES string of the molecule is CC(=Nc1cccc([N+](=O)[O-])c1)N(c1ccc([N+](=O)[O-])cc1)S(=O)(=O)c1ccc(C)cc1. The molecule has 164 valence electrons. The van der Waals surface area contributed by atoms with Crippen LogP contribution in [0.25, 0.3) is 0 Å². The molecule has 32 heavy (non-hydrogen) atoms. The summed E-state index contributed by atoms with van der Waals surface area (Å²) in [6.45, 7) is 3.26. The zero-order chi connectivity index (χ0) is 23.5. The van der Waals surface area contributed by atoms with Gasteiger partial charge in [-0.3, -0.25) is 20.2 Å². The van der Waals surface area contributed by atoms with Crippen molar-refractivity contribution in [3.8, 4) is 0 Å². The van der Waals surface area contributed by atoms with Crippen LogP contribution >= 0.6 is 0 Å². The summed E-state index contributed by atoms with van der Waals surface area (Å²) in [7, 11) is -4.15. The first-order valence-corrected chi connectivity index (χ1v) is 10.7. The monoisotopic (exact) mass is 454 g/mol. The molecule has 0 aliphatic carbocycles. The lowest BCUT2D eigenvalue weighted by atomic mass is 10.2. The number of hydrogen-bond donors (Lipinski definition) is 0. The summed E-state index contributed by atoms with van der Waals surface area (Å²) < 4.78 is 27.9. The fourth-order valence-corrected chi connectivity index (χ4v) is 4.41. The van der Waals surface area contributed by atoms with Crippen molar-refractivity contribution in [2.45, 2.75) is 18.7 Å². The van der Waals surface area contributed by atoms with Gasteiger partial charge in [-0.25, -0.2) is 17.7 Å². The van der Waals surface area contributed by atoms with E-state index in [9.17, 15) is 28.6 Å². The molecule has 0 heterocycles. The highest BCUT2D eigenvalue weighted by Gasteiger charge is 2.28. The number of rotatable bonds is 6. The summed E-state index contributed by atoms with van der Waals surface area (Å²) in [4.78, 5) is 25.1. The van der Waals surface area contributed by atoms with Crippen LogP contribution in [0.2, 0.25) is 0 Å². The molecule has 0 fully saturated rings. The number of nitrogens with zero attached hydrogens (tertiary/aromatic N) is 4. The van der Waals surface area contributed by atoms with Crippen molar-refractivity contribution in [1.82, 2.24) is 0 Å². The standard InChI is InChI=1S/C21H18N4O6S/c1-15-6-12-21(13-7-15)32(30,31)23(18-8-10-19(11-9-18)24(26)27)16(2)22-17-4-3-5-20(14-17)25(28)29/h3-14H,1-2H3. The van der Waals surface area contributed by atoms with Crippen LogP contribution in [0.15, 0.2) is 82.7 Å². The lowest BCUT2D eigenvalue weighted by Gasteiger charge is -2.24. The Morgan fingerprint density at radius 2 is 1.47 bits per heavy atom. The Kier molecular flexibility index (Phi) is 6.30. The Labute approximate surface area is 183 Å². The first-order chi connectivity index (χ1) is 15.1. The van der Waals surface area contributed by atoms with E-state index in [4.69, 9.17) is 0 Å². The number of anilines is 1. The number of sulfonamides is 1. The van der Waals surface area contributed by atoms with Crippen LogP contribution in [0, 0.1) is 27.2 Å². The molecule has 0 aliphatic heterocycles. The number of nitro benzene ring substituents is 2. The van der Waals surface area contributed by atoms with Crippen LogP contribution in [0.3, 0.4) is 0 Å². The first-order valence-electron chi connectivity index (χ1n) is 9.26. The van der Waals surface area contributed by atoms with E-state index in [1.54, 1.807) is 12.1 Å². The number of amidine groups is 1. The number of hydrogen-bond acceptors (Lipinski definition) is 7. The van der Waals surface area contributed by atoms with Crippen LogP contribution in [-0.2, 0) is 10.0 Å². The number of benzene rings is 3. The average molecular weight is 454 g/mol. The molecule has 0 saturated carbocycles. The highest BCUT2D eigenvalue weighted by molar-refractivity contribution is 7.93. The predicted molar refractivity (Wildman–Crippen MR) is 120 cm³/mol. The highest BCUT2D eigenvalue weighted by Crippen LogP contribution is 2.28. The van der Waals surface area contributed by atoms with Crippen LogP contribution in [-0.4, -0.2) is 24.1 Å². The molecule has 0 aliphatic rings. The third-order valence-corrected chi connectivity index (χ3v) is 6.30. The third kappa shape index (κ3) is 4.78. The van der Waals surface area contributed by atoms with Crippen molar-refractivity contribution in [3.63, 3.8) is 0 Å². The lowest BCUT2D eigenvalue weighted by molar-refractivity contribution is -0.385. The first kappa shape index (κ1) is 22.6. The Morgan fingerprint density at radius 3 is 2.03 bits per heavy atom. The van der Waals surface area contributed by atoms with Gasteiger partial charge in [0.25, 0.3) is 21.4 Å². The van der Waals surface area contributed by atoms with Crippen molar-refractivity contribution in [2.24, 2.45) is 4.99 Å². The minimum atomic E-state index is -4.15. The third-order valence-electron chi connectivity index (χ3n) is 4.48. The largest absolute Gasteiger partial charge is 0.271 e.